The molecular formula is C26H24FNO3. The second kappa shape index (κ2) is 8.08. The van der Waals surface area contributed by atoms with Gasteiger partial charge in [-0.3, -0.25) is 9.59 Å². The van der Waals surface area contributed by atoms with E-state index in [9.17, 15) is 19.1 Å². The fraction of sp³-hybridized carbons (Fsp3) is 0.231. The molecule has 0 saturated heterocycles. The molecule has 31 heavy (non-hydrogen) atoms. The van der Waals surface area contributed by atoms with E-state index in [1.807, 2.05) is 12.1 Å². The quantitative estimate of drug-likeness (QED) is 0.577. The normalized spacial score (nSPS) is 17.8. The van der Waals surface area contributed by atoms with Crippen LogP contribution in [0.4, 0.5) is 10.1 Å². The van der Waals surface area contributed by atoms with Gasteiger partial charge >= 0.3 is 0 Å². The van der Waals surface area contributed by atoms with Gasteiger partial charge in [-0.2, -0.15) is 0 Å². The molecule has 1 aliphatic heterocycles. The Balaban J connectivity index is 1.63. The molecule has 0 aliphatic carbocycles. The Kier molecular flexibility index (Phi) is 5.46. The molecule has 0 fully saturated rings. The Labute approximate surface area is 181 Å². The highest BCUT2D eigenvalue weighted by Gasteiger charge is 2.50. The summed E-state index contributed by atoms with van der Waals surface area (Å²) < 4.78 is 13.3. The minimum Gasteiger partial charge on any atom is -0.375 e. The number of Topliss-reactive ketones (excluding diaryl/α,β-unsaturated/α-hetero) is 1. The minimum absolute atomic E-state index is 0.176. The van der Waals surface area contributed by atoms with Gasteiger partial charge in [0.05, 0.1) is 18.7 Å². The first-order chi connectivity index (χ1) is 14.8. The van der Waals surface area contributed by atoms with Crippen LogP contribution in [0.5, 0.6) is 0 Å². The fourth-order valence-corrected chi connectivity index (χ4v) is 4.00. The molecule has 3 aromatic carbocycles. The minimum atomic E-state index is -1.94. The molecule has 0 spiro atoms. The van der Waals surface area contributed by atoms with E-state index in [0.29, 0.717) is 22.7 Å². The van der Waals surface area contributed by atoms with Gasteiger partial charge in [0.25, 0.3) is 5.91 Å². The summed E-state index contributed by atoms with van der Waals surface area (Å²) in [6.07, 6.45) is -0.343. The molecule has 0 aromatic heterocycles. The summed E-state index contributed by atoms with van der Waals surface area (Å²) in [5, 5.41) is 11.4. The molecular weight excluding hydrogens is 393 g/mol. The molecule has 0 bridgehead atoms. The third-order valence-electron chi connectivity index (χ3n) is 5.81. The van der Waals surface area contributed by atoms with Crippen LogP contribution in [0.25, 0.3) is 0 Å². The van der Waals surface area contributed by atoms with E-state index in [2.05, 4.69) is 13.8 Å². The smallest absolute Gasteiger partial charge is 0.264 e. The molecule has 5 heteroatoms. The maximum atomic E-state index is 13.3. The molecule has 1 aliphatic rings. The van der Waals surface area contributed by atoms with E-state index in [-0.39, 0.29) is 24.6 Å². The summed E-state index contributed by atoms with van der Waals surface area (Å²) in [5.41, 5.74) is 1.33. The second-order valence-electron chi connectivity index (χ2n) is 8.27. The van der Waals surface area contributed by atoms with Crippen molar-refractivity contribution in [1.29, 1.82) is 0 Å². The predicted octanol–water partition coefficient (Wildman–Crippen LogP) is 4.96. The summed E-state index contributed by atoms with van der Waals surface area (Å²) in [6, 6.07) is 20.1. The maximum Gasteiger partial charge on any atom is 0.264 e. The number of para-hydroxylation sites is 1. The zero-order valence-electron chi connectivity index (χ0n) is 17.5. The van der Waals surface area contributed by atoms with Crippen molar-refractivity contribution in [1.82, 2.24) is 0 Å². The van der Waals surface area contributed by atoms with E-state index in [4.69, 9.17) is 0 Å². The summed E-state index contributed by atoms with van der Waals surface area (Å²) in [6.45, 7) is 4.32. The number of benzene rings is 3. The standard InChI is InChI=1S/C26H24FNO3/c1-17(2)19-9-11-20(12-10-19)24(29)15-26(31)22-5-3-4-6-23(22)28(25(26)30)16-18-7-13-21(27)14-8-18/h3-14,17,31H,15-16H2,1-2H3. The topological polar surface area (TPSA) is 57.6 Å². The van der Waals surface area contributed by atoms with Crippen molar-refractivity contribution >= 4 is 17.4 Å². The van der Waals surface area contributed by atoms with Gasteiger partial charge in [0.15, 0.2) is 11.4 Å². The molecule has 1 atom stereocenters. The van der Waals surface area contributed by atoms with Crippen molar-refractivity contribution in [2.75, 3.05) is 4.90 Å². The number of fused-ring (bicyclic) bond motifs is 1. The average Bonchev–Trinajstić information content (AvgIpc) is 2.97. The van der Waals surface area contributed by atoms with Crippen molar-refractivity contribution in [3.63, 3.8) is 0 Å². The zero-order chi connectivity index (χ0) is 22.2. The number of rotatable bonds is 6. The Morgan fingerprint density at radius 2 is 1.65 bits per heavy atom. The summed E-state index contributed by atoms with van der Waals surface area (Å²) in [5.74, 6) is -0.867. The summed E-state index contributed by atoms with van der Waals surface area (Å²) in [7, 11) is 0. The highest BCUT2D eigenvalue weighted by molar-refractivity contribution is 6.10. The van der Waals surface area contributed by atoms with E-state index in [1.165, 1.54) is 17.0 Å². The Morgan fingerprint density at radius 1 is 1.00 bits per heavy atom. The number of aliphatic hydroxyl groups is 1. The van der Waals surface area contributed by atoms with Crippen LogP contribution in [0.1, 0.15) is 53.2 Å². The number of carbonyl (C=O) groups excluding carboxylic acids is 2. The van der Waals surface area contributed by atoms with Crippen LogP contribution >= 0.6 is 0 Å². The van der Waals surface area contributed by atoms with Crippen molar-refractivity contribution in [3.8, 4) is 0 Å². The Morgan fingerprint density at radius 3 is 2.29 bits per heavy atom. The number of anilines is 1. The highest BCUT2D eigenvalue weighted by Crippen LogP contribution is 2.43. The van der Waals surface area contributed by atoms with E-state index in [1.54, 1.807) is 48.5 Å². The molecule has 0 saturated carbocycles. The van der Waals surface area contributed by atoms with Gasteiger partial charge in [0, 0.05) is 11.1 Å². The van der Waals surface area contributed by atoms with Crippen LogP contribution in [-0.4, -0.2) is 16.8 Å². The first kappa shape index (κ1) is 20.9. The lowest BCUT2D eigenvalue weighted by Crippen LogP contribution is -2.41. The largest absolute Gasteiger partial charge is 0.375 e. The third kappa shape index (κ3) is 3.89. The van der Waals surface area contributed by atoms with Crippen molar-refractivity contribution in [3.05, 3.63) is 101 Å². The summed E-state index contributed by atoms with van der Waals surface area (Å²) >= 11 is 0. The van der Waals surface area contributed by atoms with Gasteiger partial charge in [-0.15, -0.1) is 0 Å². The van der Waals surface area contributed by atoms with E-state index >= 15 is 0 Å². The molecule has 158 valence electrons. The first-order valence-electron chi connectivity index (χ1n) is 10.3. The van der Waals surface area contributed by atoms with Crippen LogP contribution in [0.2, 0.25) is 0 Å². The molecule has 1 unspecified atom stereocenters. The number of ketones is 1. The first-order valence-corrected chi connectivity index (χ1v) is 10.3. The lowest BCUT2D eigenvalue weighted by atomic mass is 9.87. The number of halogens is 1. The van der Waals surface area contributed by atoms with Crippen LogP contribution in [-0.2, 0) is 16.9 Å². The lowest BCUT2D eigenvalue weighted by molar-refractivity contribution is -0.136. The fourth-order valence-electron chi connectivity index (χ4n) is 4.00. The van der Waals surface area contributed by atoms with E-state index in [0.717, 1.165) is 11.1 Å². The summed E-state index contributed by atoms with van der Waals surface area (Å²) in [4.78, 5) is 27.7. The van der Waals surface area contributed by atoms with Gasteiger partial charge in [0.1, 0.15) is 5.82 Å². The highest BCUT2D eigenvalue weighted by atomic mass is 19.1. The number of nitrogens with zero attached hydrogens (tertiary/aromatic N) is 1. The lowest BCUT2D eigenvalue weighted by Gasteiger charge is -2.23. The predicted molar refractivity (Wildman–Crippen MR) is 117 cm³/mol. The van der Waals surface area contributed by atoms with Gasteiger partial charge in [-0.1, -0.05) is 68.4 Å². The SMILES string of the molecule is CC(C)c1ccc(C(=O)CC2(O)C(=O)N(Cc3ccc(F)cc3)c3ccccc32)cc1. The number of hydrogen-bond donors (Lipinski definition) is 1. The molecule has 1 heterocycles. The number of carbonyl (C=O) groups is 2. The third-order valence-corrected chi connectivity index (χ3v) is 5.81. The Bertz CT molecular complexity index is 1120. The second-order valence-corrected chi connectivity index (χ2v) is 8.27. The molecule has 1 amide bonds. The van der Waals surface area contributed by atoms with Gasteiger partial charge in [-0.25, -0.2) is 4.39 Å². The van der Waals surface area contributed by atoms with Crippen LogP contribution in [0.15, 0.2) is 72.8 Å². The molecule has 1 N–H and O–H groups in total. The maximum absolute atomic E-state index is 13.3. The van der Waals surface area contributed by atoms with Crippen LogP contribution < -0.4 is 4.90 Å². The van der Waals surface area contributed by atoms with E-state index < -0.39 is 11.5 Å². The molecule has 4 rings (SSSR count). The van der Waals surface area contributed by atoms with Gasteiger partial charge in [-0.05, 0) is 35.2 Å². The zero-order valence-corrected chi connectivity index (χ0v) is 17.5. The van der Waals surface area contributed by atoms with Gasteiger partial charge < -0.3 is 10.0 Å². The molecule has 0 radical (unpaired) electrons. The van der Waals surface area contributed by atoms with Crippen LogP contribution in [0, 0.1) is 5.82 Å². The van der Waals surface area contributed by atoms with Crippen molar-refractivity contribution in [2.45, 2.75) is 38.3 Å². The van der Waals surface area contributed by atoms with Crippen molar-refractivity contribution in [2.24, 2.45) is 0 Å². The van der Waals surface area contributed by atoms with Gasteiger partial charge in [0.2, 0.25) is 0 Å². The molecule has 3 aromatic rings. The number of hydrogen-bond acceptors (Lipinski definition) is 3. The Hall–Kier alpha value is -3.31. The number of amides is 1. The average molecular weight is 417 g/mol. The molecule has 4 nitrogen and oxygen atoms in total. The van der Waals surface area contributed by atoms with Crippen LogP contribution in [0.3, 0.4) is 0 Å². The monoisotopic (exact) mass is 417 g/mol. The van der Waals surface area contributed by atoms with Crippen molar-refractivity contribution < 1.29 is 19.1 Å².